The first-order valence-corrected chi connectivity index (χ1v) is 8.54. The minimum atomic E-state index is -0.365. The van der Waals surface area contributed by atoms with Gasteiger partial charge < -0.3 is 19.9 Å². The van der Waals surface area contributed by atoms with Crippen LogP contribution in [0.1, 0.15) is 13.3 Å². The van der Waals surface area contributed by atoms with Crippen LogP contribution in [0.25, 0.3) is 0 Å². The number of hydrogen-bond donors (Lipinski definition) is 1. The highest BCUT2D eigenvalue weighted by Gasteiger charge is 2.25. The summed E-state index contributed by atoms with van der Waals surface area (Å²) in [6, 6.07) is 7.21. The molecule has 2 rings (SSSR count). The fourth-order valence-corrected chi connectivity index (χ4v) is 2.74. The second-order valence-corrected chi connectivity index (χ2v) is 6.13. The summed E-state index contributed by atoms with van der Waals surface area (Å²) in [6.07, 6.45) is -0.586. The maximum absolute atomic E-state index is 12.2. The topological polar surface area (TPSA) is 79.0 Å². The van der Waals surface area contributed by atoms with Gasteiger partial charge >= 0.3 is 6.09 Å². The largest absolute Gasteiger partial charge is 0.450 e. The summed E-state index contributed by atoms with van der Waals surface area (Å²) < 4.78 is 5.69. The Bertz CT molecular complexity index is 615. The summed E-state index contributed by atoms with van der Waals surface area (Å²) in [6.45, 7) is 3.71. The molecule has 24 heavy (non-hydrogen) atoms. The van der Waals surface area contributed by atoms with Crippen molar-refractivity contribution in [2.45, 2.75) is 13.3 Å². The molecule has 7 nitrogen and oxygen atoms in total. The van der Waals surface area contributed by atoms with Crippen LogP contribution >= 0.6 is 15.9 Å². The van der Waals surface area contributed by atoms with Crippen LogP contribution in [0.4, 0.5) is 10.5 Å². The average Bonchev–Trinajstić information content (AvgIpc) is 2.57. The van der Waals surface area contributed by atoms with Gasteiger partial charge in [0, 0.05) is 30.7 Å². The van der Waals surface area contributed by atoms with Crippen LogP contribution in [0.3, 0.4) is 0 Å². The monoisotopic (exact) mass is 397 g/mol. The van der Waals surface area contributed by atoms with Crippen molar-refractivity contribution in [2.24, 2.45) is 0 Å². The number of anilines is 1. The summed E-state index contributed by atoms with van der Waals surface area (Å²) in [7, 11) is 0. The van der Waals surface area contributed by atoms with E-state index in [1.165, 1.54) is 0 Å². The first-order valence-electron chi connectivity index (χ1n) is 7.75. The van der Waals surface area contributed by atoms with E-state index in [4.69, 9.17) is 4.74 Å². The molecule has 8 heteroatoms. The molecule has 1 aromatic carbocycles. The van der Waals surface area contributed by atoms with E-state index in [9.17, 15) is 14.4 Å². The molecule has 0 saturated carbocycles. The van der Waals surface area contributed by atoms with Gasteiger partial charge in [0.15, 0.2) is 0 Å². The number of amides is 3. The first-order chi connectivity index (χ1) is 11.5. The van der Waals surface area contributed by atoms with E-state index in [1.807, 2.05) is 12.1 Å². The quantitative estimate of drug-likeness (QED) is 0.788. The highest BCUT2D eigenvalue weighted by molar-refractivity contribution is 9.10. The number of benzene rings is 1. The Kier molecular flexibility index (Phi) is 6.60. The number of rotatable bonds is 4. The van der Waals surface area contributed by atoms with Crippen molar-refractivity contribution in [2.75, 3.05) is 38.1 Å². The minimum absolute atomic E-state index is 0.221. The van der Waals surface area contributed by atoms with Gasteiger partial charge in [0.2, 0.25) is 11.8 Å². The molecule has 0 atom stereocenters. The minimum Gasteiger partial charge on any atom is -0.450 e. The van der Waals surface area contributed by atoms with Crippen LogP contribution in [-0.2, 0) is 14.3 Å². The summed E-state index contributed by atoms with van der Waals surface area (Å²) in [5, 5.41) is 2.71. The van der Waals surface area contributed by atoms with E-state index in [-0.39, 0.29) is 24.3 Å². The van der Waals surface area contributed by atoms with Gasteiger partial charge in [-0.15, -0.1) is 0 Å². The lowest BCUT2D eigenvalue weighted by Gasteiger charge is -2.34. The van der Waals surface area contributed by atoms with Gasteiger partial charge in [0.1, 0.15) is 6.42 Å². The second-order valence-electron chi connectivity index (χ2n) is 5.27. The molecule has 1 aliphatic rings. The highest BCUT2D eigenvalue weighted by Crippen LogP contribution is 2.21. The fourth-order valence-electron chi connectivity index (χ4n) is 2.36. The molecule has 0 aromatic heterocycles. The zero-order valence-corrected chi connectivity index (χ0v) is 15.0. The van der Waals surface area contributed by atoms with Gasteiger partial charge in [-0.05, 0) is 35.0 Å². The van der Waals surface area contributed by atoms with Crippen molar-refractivity contribution < 1.29 is 19.1 Å². The number of nitrogens with one attached hydrogen (secondary N) is 1. The van der Waals surface area contributed by atoms with E-state index < -0.39 is 0 Å². The lowest BCUT2D eigenvalue weighted by Crippen LogP contribution is -2.51. The molecule has 0 bridgehead atoms. The normalized spacial score (nSPS) is 14.2. The zero-order valence-electron chi connectivity index (χ0n) is 13.5. The molecular formula is C16H20BrN3O4. The smallest absolute Gasteiger partial charge is 0.409 e. The van der Waals surface area contributed by atoms with Crippen molar-refractivity contribution >= 4 is 39.5 Å². The summed E-state index contributed by atoms with van der Waals surface area (Å²) in [5.74, 6) is -0.609. The maximum atomic E-state index is 12.2. The molecule has 1 fully saturated rings. The van der Waals surface area contributed by atoms with Crippen molar-refractivity contribution in [3.05, 3.63) is 28.7 Å². The van der Waals surface area contributed by atoms with E-state index >= 15 is 0 Å². The van der Waals surface area contributed by atoms with Crippen molar-refractivity contribution in [1.29, 1.82) is 0 Å². The Morgan fingerprint density at radius 2 is 1.75 bits per heavy atom. The third-order valence-corrected chi connectivity index (χ3v) is 4.31. The van der Waals surface area contributed by atoms with E-state index in [2.05, 4.69) is 21.2 Å². The number of halogens is 1. The van der Waals surface area contributed by atoms with Crippen LogP contribution < -0.4 is 5.32 Å². The van der Waals surface area contributed by atoms with Gasteiger partial charge in [-0.1, -0.05) is 12.1 Å². The van der Waals surface area contributed by atoms with Crippen molar-refractivity contribution in [3.8, 4) is 0 Å². The second kappa shape index (κ2) is 8.68. The first kappa shape index (κ1) is 18.3. The average molecular weight is 398 g/mol. The molecule has 3 amide bonds. The molecule has 0 aliphatic carbocycles. The molecule has 130 valence electrons. The van der Waals surface area contributed by atoms with Gasteiger partial charge in [-0.3, -0.25) is 9.59 Å². The number of carbonyl (C=O) groups is 3. The Hall–Kier alpha value is -2.09. The molecule has 0 unspecified atom stereocenters. The number of carbonyl (C=O) groups excluding carboxylic acids is 3. The molecule has 1 aliphatic heterocycles. The summed E-state index contributed by atoms with van der Waals surface area (Å²) in [5.41, 5.74) is 0.627. The number of nitrogens with zero attached hydrogens (tertiary/aromatic N) is 2. The van der Waals surface area contributed by atoms with E-state index in [0.29, 0.717) is 38.5 Å². The molecule has 0 radical (unpaired) electrons. The van der Waals surface area contributed by atoms with Crippen LogP contribution in [0.2, 0.25) is 0 Å². The van der Waals surface area contributed by atoms with Gasteiger partial charge in [0.05, 0.1) is 12.3 Å². The van der Waals surface area contributed by atoms with Crippen LogP contribution in [0.15, 0.2) is 28.7 Å². The highest BCUT2D eigenvalue weighted by atomic mass is 79.9. The Balaban J connectivity index is 1.80. The van der Waals surface area contributed by atoms with E-state index in [1.54, 1.807) is 28.9 Å². The lowest BCUT2D eigenvalue weighted by atomic mass is 10.2. The molecular weight excluding hydrogens is 378 g/mol. The molecule has 1 N–H and O–H groups in total. The summed E-state index contributed by atoms with van der Waals surface area (Å²) >= 11 is 3.34. The molecule has 1 saturated heterocycles. The van der Waals surface area contributed by atoms with Gasteiger partial charge in [-0.25, -0.2) is 4.79 Å². The van der Waals surface area contributed by atoms with E-state index in [0.717, 1.165) is 4.47 Å². The number of para-hydroxylation sites is 1. The standard InChI is InChI=1S/C16H20BrN3O4/c1-2-24-16(23)20-9-7-19(8-10-20)15(22)11-14(21)18-13-6-4-3-5-12(13)17/h3-6H,2,7-11H2,1H3,(H,18,21). The van der Waals surface area contributed by atoms with Crippen molar-refractivity contribution in [3.63, 3.8) is 0 Å². The molecule has 1 heterocycles. The predicted molar refractivity (Wildman–Crippen MR) is 92.6 cm³/mol. The van der Waals surface area contributed by atoms with Crippen LogP contribution in [-0.4, -0.2) is 60.5 Å². The fraction of sp³-hybridized carbons (Fsp3) is 0.438. The Morgan fingerprint density at radius 1 is 1.12 bits per heavy atom. The number of ether oxygens (including phenoxy) is 1. The van der Waals surface area contributed by atoms with Gasteiger partial charge in [-0.2, -0.15) is 0 Å². The van der Waals surface area contributed by atoms with Crippen molar-refractivity contribution in [1.82, 2.24) is 9.80 Å². The zero-order chi connectivity index (χ0) is 17.5. The molecule has 0 spiro atoms. The number of hydrogen-bond acceptors (Lipinski definition) is 4. The van der Waals surface area contributed by atoms with Gasteiger partial charge in [0.25, 0.3) is 0 Å². The third kappa shape index (κ3) is 4.95. The summed E-state index contributed by atoms with van der Waals surface area (Å²) in [4.78, 5) is 39.0. The Morgan fingerprint density at radius 3 is 2.38 bits per heavy atom. The third-order valence-electron chi connectivity index (χ3n) is 3.62. The SMILES string of the molecule is CCOC(=O)N1CCN(C(=O)CC(=O)Nc2ccccc2Br)CC1. The molecule has 1 aromatic rings. The van der Waals surface area contributed by atoms with Crippen LogP contribution in [0, 0.1) is 0 Å². The predicted octanol–water partition coefficient (Wildman–Crippen LogP) is 2.08. The lowest BCUT2D eigenvalue weighted by molar-refractivity contribution is -0.135. The Labute approximate surface area is 149 Å². The maximum Gasteiger partial charge on any atom is 0.409 e. The number of piperazine rings is 1. The van der Waals surface area contributed by atoms with Crippen LogP contribution in [0.5, 0.6) is 0 Å².